The van der Waals surface area contributed by atoms with Gasteiger partial charge in [0, 0.05) is 32.4 Å². The van der Waals surface area contributed by atoms with Crippen molar-refractivity contribution in [2.45, 2.75) is 25.7 Å². The minimum Gasteiger partial charge on any atom is -0.385 e. The number of rotatable bonds is 6. The Morgan fingerprint density at radius 3 is 2.67 bits per heavy atom. The summed E-state index contributed by atoms with van der Waals surface area (Å²) in [4.78, 5) is 6.79. The molecule has 0 aliphatic carbocycles. The summed E-state index contributed by atoms with van der Waals surface area (Å²) in [5.41, 5.74) is 1.57. The molecule has 2 aromatic rings. The highest BCUT2D eigenvalue weighted by Gasteiger charge is 2.21. The van der Waals surface area contributed by atoms with Crippen molar-refractivity contribution in [3.8, 4) is 11.3 Å². The fourth-order valence-electron chi connectivity index (χ4n) is 3.13. The SMILES string of the molecule is COCCCC1CCN(c2nncc(-c3ccc(F)cc3)n2)CC1. The Bertz CT molecular complexity index is 642. The minimum atomic E-state index is -0.253. The molecule has 5 nitrogen and oxygen atoms in total. The topological polar surface area (TPSA) is 51.1 Å². The second kappa shape index (κ2) is 8.15. The zero-order valence-corrected chi connectivity index (χ0v) is 14.0. The van der Waals surface area contributed by atoms with Gasteiger partial charge in [-0.1, -0.05) is 0 Å². The maximum atomic E-state index is 13.1. The van der Waals surface area contributed by atoms with Gasteiger partial charge in [-0.2, -0.15) is 5.10 Å². The van der Waals surface area contributed by atoms with Gasteiger partial charge >= 0.3 is 0 Å². The van der Waals surface area contributed by atoms with Gasteiger partial charge in [-0.15, -0.1) is 5.10 Å². The van der Waals surface area contributed by atoms with Crippen LogP contribution < -0.4 is 4.90 Å². The number of hydrogen-bond acceptors (Lipinski definition) is 5. The van der Waals surface area contributed by atoms with Crippen LogP contribution in [0.25, 0.3) is 11.3 Å². The summed E-state index contributed by atoms with van der Waals surface area (Å²) in [5, 5.41) is 8.25. The molecular formula is C18H23FN4O. The Balaban J connectivity index is 1.62. The quantitative estimate of drug-likeness (QED) is 0.761. The first kappa shape index (κ1) is 16.8. The van der Waals surface area contributed by atoms with Gasteiger partial charge in [0.15, 0.2) is 0 Å². The van der Waals surface area contributed by atoms with Gasteiger partial charge in [-0.3, -0.25) is 0 Å². The number of nitrogens with zero attached hydrogens (tertiary/aromatic N) is 4. The molecule has 0 N–H and O–H groups in total. The summed E-state index contributed by atoms with van der Waals surface area (Å²) < 4.78 is 18.2. The number of aromatic nitrogens is 3. The van der Waals surface area contributed by atoms with Crippen molar-refractivity contribution in [3.63, 3.8) is 0 Å². The van der Waals surface area contributed by atoms with E-state index < -0.39 is 0 Å². The van der Waals surface area contributed by atoms with Crippen molar-refractivity contribution in [1.29, 1.82) is 0 Å². The van der Waals surface area contributed by atoms with E-state index in [1.165, 1.54) is 18.6 Å². The number of anilines is 1. The highest BCUT2D eigenvalue weighted by molar-refractivity contribution is 5.59. The van der Waals surface area contributed by atoms with Crippen molar-refractivity contribution >= 4 is 5.95 Å². The molecule has 1 aromatic heterocycles. The van der Waals surface area contributed by atoms with Crippen LogP contribution in [-0.2, 0) is 4.74 Å². The lowest BCUT2D eigenvalue weighted by molar-refractivity contribution is 0.183. The molecular weight excluding hydrogens is 307 g/mol. The smallest absolute Gasteiger partial charge is 0.245 e. The molecule has 1 aromatic carbocycles. The number of ether oxygens (including phenoxy) is 1. The van der Waals surface area contributed by atoms with E-state index in [1.807, 2.05) is 0 Å². The molecule has 2 heterocycles. The Kier molecular flexibility index (Phi) is 5.69. The van der Waals surface area contributed by atoms with E-state index in [0.717, 1.165) is 56.1 Å². The monoisotopic (exact) mass is 330 g/mol. The lowest BCUT2D eigenvalue weighted by Crippen LogP contribution is -2.35. The number of benzene rings is 1. The first-order valence-electron chi connectivity index (χ1n) is 8.46. The summed E-state index contributed by atoms with van der Waals surface area (Å²) in [6.45, 7) is 2.74. The molecule has 0 saturated carbocycles. The minimum absolute atomic E-state index is 0.253. The number of piperidine rings is 1. The van der Waals surface area contributed by atoms with Crippen LogP contribution in [0.15, 0.2) is 30.5 Å². The van der Waals surface area contributed by atoms with Gasteiger partial charge in [0.2, 0.25) is 5.95 Å². The van der Waals surface area contributed by atoms with Gasteiger partial charge in [0.1, 0.15) is 5.82 Å². The maximum Gasteiger partial charge on any atom is 0.245 e. The second-order valence-electron chi connectivity index (χ2n) is 6.21. The molecule has 0 atom stereocenters. The fourth-order valence-corrected chi connectivity index (χ4v) is 3.13. The first-order chi connectivity index (χ1) is 11.8. The van der Waals surface area contributed by atoms with Crippen molar-refractivity contribution in [2.75, 3.05) is 31.7 Å². The predicted molar refractivity (Wildman–Crippen MR) is 91.3 cm³/mol. The van der Waals surface area contributed by atoms with E-state index in [2.05, 4.69) is 20.1 Å². The van der Waals surface area contributed by atoms with Crippen molar-refractivity contribution in [1.82, 2.24) is 15.2 Å². The van der Waals surface area contributed by atoms with Crippen LogP contribution in [0.3, 0.4) is 0 Å². The van der Waals surface area contributed by atoms with E-state index >= 15 is 0 Å². The molecule has 1 fully saturated rings. The van der Waals surface area contributed by atoms with E-state index in [4.69, 9.17) is 4.74 Å². The van der Waals surface area contributed by atoms with Crippen LogP contribution in [0.5, 0.6) is 0 Å². The number of methoxy groups -OCH3 is 1. The van der Waals surface area contributed by atoms with Crippen LogP contribution in [0, 0.1) is 11.7 Å². The molecule has 0 radical (unpaired) electrons. The van der Waals surface area contributed by atoms with Crippen molar-refractivity contribution in [3.05, 3.63) is 36.3 Å². The van der Waals surface area contributed by atoms with Gasteiger partial charge in [0.25, 0.3) is 0 Å². The van der Waals surface area contributed by atoms with Crippen LogP contribution in [-0.4, -0.2) is 42.0 Å². The molecule has 24 heavy (non-hydrogen) atoms. The van der Waals surface area contributed by atoms with Gasteiger partial charge < -0.3 is 9.64 Å². The Morgan fingerprint density at radius 1 is 1.21 bits per heavy atom. The van der Waals surface area contributed by atoms with Crippen molar-refractivity contribution < 1.29 is 9.13 Å². The van der Waals surface area contributed by atoms with Crippen LogP contribution in [0.4, 0.5) is 10.3 Å². The average molecular weight is 330 g/mol. The number of hydrogen-bond donors (Lipinski definition) is 0. The molecule has 1 saturated heterocycles. The zero-order chi connectivity index (χ0) is 16.8. The Hall–Kier alpha value is -2.08. The van der Waals surface area contributed by atoms with Gasteiger partial charge in [-0.05, 0) is 55.9 Å². The lowest BCUT2D eigenvalue weighted by atomic mass is 9.92. The largest absolute Gasteiger partial charge is 0.385 e. The van der Waals surface area contributed by atoms with Crippen LogP contribution in [0.1, 0.15) is 25.7 Å². The molecule has 3 rings (SSSR count). The predicted octanol–water partition coefficient (Wildman–Crippen LogP) is 3.32. The van der Waals surface area contributed by atoms with Gasteiger partial charge in [-0.25, -0.2) is 9.37 Å². The van der Waals surface area contributed by atoms with E-state index in [0.29, 0.717) is 5.95 Å². The third-order valence-electron chi connectivity index (χ3n) is 4.55. The average Bonchev–Trinajstić information content (AvgIpc) is 2.63. The third-order valence-corrected chi connectivity index (χ3v) is 4.55. The standard InChI is InChI=1S/C18H23FN4O/c1-24-12-2-3-14-8-10-23(11-9-14)18-21-17(13-20-22-18)15-4-6-16(19)7-5-15/h4-7,13-14H,2-3,8-12H2,1H3. The maximum absolute atomic E-state index is 13.1. The molecule has 0 spiro atoms. The summed E-state index contributed by atoms with van der Waals surface area (Å²) >= 11 is 0. The van der Waals surface area contributed by atoms with Crippen LogP contribution >= 0.6 is 0 Å². The molecule has 1 aliphatic heterocycles. The molecule has 6 heteroatoms. The van der Waals surface area contributed by atoms with Gasteiger partial charge in [0.05, 0.1) is 11.9 Å². The molecule has 0 amide bonds. The summed E-state index contributed by atoms with van der Waals surface area (Å²) in [6.07, 6.45) is 6.26. The fraction of sp³-hybridized carbons (Fsp3) is 0.500. The Morgan fingerprint density at radius 2 is 1.96 bits per heavy atom. The highest BCUT2D eigenvalue weighted by Crippen LogP contribution is 2.25. The highest BCUT2D eigenvalue weighted by atomic mass is 19.1. The summed E-state index contributed by atoms with van der Waals surface area (Å²) in [7, 11) is 1.75. The molecule has 0 bridgehead atoms. The van der Waals surface area contributed by atoms with Crippen LogP contribution in [0.2, 0.25) is 0 Å². The normalized spacial score (nSPS) is 15.7. The second-order valence-corrected chi connectivity index (χ2v) is 6.21. The van der Waals surface area contributed by atoms with Crippen molar-refractivity contribution in [2.24, 2.45) is 5.92 Å². The van der Waals surface area contributed by atoms with E-state index in [1.54, 1.807) is 25.4 Å². The molecule has 128 valence electrons. The van der Waals surface area contributed by atoms with E-state index in [-0.39, 0.29) is 5.82 Å². The zero-order valence-electron chi connectivity index (χ0n) is 14.0. The molecule has 0 unspecified atom stereocenters. The summed E-state index contributed by atoms with van der Waals surface area (Å²) in [6, 6.07) is 6.29. The van der Waals surface area contributed by atoms with E-state index in [9.17, 15) is 4.39 Å². The number of halogens is 1. The third kappa shape index (κ3) is 4.26. The lowest BCUT2D eigenvalue weighted by Gasteiger charge is -2.31. The summed E-state index contributed by atoms with van der Waals surface area (Å²) in [5.74, 6) is 1.16. The first-order valence-corrected chi connectivity index (χ1v) is 8.46. The Labute approximate surface area is 141 Å². The molecule has 1 aliphatic rings.